The van der Waals surface area contributed by atoms with E-state index in [0.717, 1.165) is 6.26 Å². The molecule has 9 heteroatoms. The maximum atomic E-state index is 12.5. The van der Waals surface area contributed by atoms with Gasteiger partial charge >= 0.3 is 0 Å². The molecule has 0 atom stereocenters. The van der Waals surface area contributed by atoms with E-state index < -0.39 is 15.9 Å². The number of ketones is 1. The van der Waals surface area contributed by atoms with E-state index in [-0.39, 0.29) is 24.4 Å². The van der Waals surface area contributed by atoms with E-state index >= 15 is 0 Å². The Bertz CT molecular complexity index is 933. The molecule has 126 valence electrons. The number of sulfonamides is 1. The van der Waals surface area contributed by atoms with Crippen LogP contribution in [0.3, 0.4) is 0 Å². The van der Waals surface area contributed by atoms with Crippen LogP contribution in [0, 0.1) is 0 Å². The van der Waals surface area contributed by atoms with Gasteiger partial charge in [0.05, 0.1) is 24.1 Å². The first-order valence-electron chi connectivity index (χ1n) is 7.20. The van der Waals surface area contributed by atoms with Crippen LogP contribution >= 0.6 is 0 Å². The monoisotopic (exact) mass is 348 g/mol. The SMILES string of the molecule is CC(=O)c1ccccc1C(=O)Nc1[nH]nc2c1CN(S(C)(=O)=O)C2. The summed E-state index contributed by atoms with van der Waals surface area (Å²) in [6.45, 7) is 1.71. The molecule has 2 N–H and O–H groups in total. The standard InChI is InChI=1S/C15H16N4O4S/c1-9(20)10-5-3-4-6-11(10)15(21)16-14-12-7-19(24(2,22)23)8-13(12)17-18-14/h3-6H,7-8H2,1-2H3,(H2,16,17,18,21). The van der Waals surface area contributed by atoms with Gasteiger partial charge in [-0.1, -0.05) is 18.2 Å². The molecule has 0 saturated carbocycles. The van der Waals surface area contributed by atoms with Crippen molar-refractivity contribution in [3.63, 3.8) is 0 Å². The number of fused-ring (bicyclic) bond motifs is 1. The number of carbonyl (C=O) groups is 2. The molecule has 0 bridgehead atoms. The molecular weight excluding hydrogens is 332 g/mol. The third-order valence-electron chi connectivity index (χ3n) is 3.87. The number of hydrogen-bond acceptors (Lipinski definition) is 5. The van der Waals surface area contributed by atoms with E-state index in [0.29, 0.717) is 22.6 Å². The molecule has 0 saturated heterocycles. The van der Waals surface area contributed by atoms with Crippen molar-refractivity contribution in [2.75, 3.05) is 11.6 Å². The van der Waals surface area contributed by atoms with Gasteiger partial charge in [0.2, 0.25) is 10.0 Å². The lowest BCUT2D eigenvalue weighted by Crippen LogP contribution is -2.24. The second-order valence-electron chi connectivity index (χ2n) is 5.61. The normalized spacial score (nSPS) is 14.4. The first-order chi connectivity index (χ1) is 11.3. The minimum absolute atomic E-state index is 0.147. The van der Waals surface area contributed by atoms with E-state index in [2.05, 4.69) is 15.5 Å². The molecule has 1 aromatic carbocycles. The maximum absolute atomic E-state index is 12.5. The predicted molar refractivity (Wildman–Crippen MR) is 87.1 cm³/mol. The van der Waals surface area contributed by atoms with Gasteiger partial charge in [-0.2, -0.15) is 9.40 Å². The Balaban J connectivity index is 1.85. The van der Waals surface area contributed by atoms with Crippen LogP contribution in [0.2, 0.25) is 0 Å². The number of carbonyl (C=O) groups excluding carboxylic acids is 2. The van der Waals surface area contributed by atoms with E-state index in [1.807, 2.05) is 0 Å². The molecule has 1 aliphatic rings. The largest absolute Gasteiger partial charge is 0.307 e. The number of aromatic amines is 1. The molecule has 0 unspecified atom stereocenters. The quantitative estimate of drug-likeness (QED) is 0.805. The Morgan fingerprint density at radius 2 is 1.88 bits per heavy atom. The summed E-state index contributed by atoms with van der Waals surface area (Å²) in [7, 11) is -3.33. The van der Waals surface area contributed by atoms with E-state index in [9.17, 15) is 18.0 Å². The van der Waals surface area contributed by atoms with Gasteiger partial charge in [-0.15, -0.1) is 0 Å². The molecule has 3 rings (SSSR count). The first-order valence-corrected chi connectivity index (χ1v) is 9.04. The van der Waals surface area contributed by atoms with Crippen LogP contribution in [-0.4, -0.2) is 40.9 Å². The van der Waals surface area contributed by atoms with Crippen molar-refractivity contribution in [2.24, 2.45) is 0 Å². The second-order valence-corrected chi connectivity index (χ2v) is 7.59. The zero-order valence-corrected chi connectivity index (χ0v) is 14.0. The highest BCUT2D eigenvalue weighted by atomic mass is 32.2. The molecule has 1 aliphatic heterocycles. The van der Waals surface area contributed by atoms with E-state index in [4.69, 9.17) is 0 Å². The topological polar surface area (TPSA) is 112 Å². The number of rotatable bonds is 4. The van der Waals surface area contributed by atoms with E-state index in [1.54, 1.807) is 24.3 Å². The molecule has 0 spiro atoms. The Labute approximate surface area is 138 Å². The average molecular weight is 348 g/mol. The van der Waals surface area contributed by atoms with Crippen molar-refractivity contribution >= 4 is 27.5 Å². The lowest BCUT2D eigenvalue weighted by molar-refractivity contribution is 0.0985. The minimum Gasteiger partial charge on any atom is -0.307 e. The molecule has 2 aromatic rings. The Hall–Kier alpha value is -2.52. The number of amides is 1. The number of benzene rings is 1. The lowest BCUT2D eigenvalue weighted by atomic mass is 10.0. The van der Waals surface area contributed by atoms with Crippen molar-refractivity contribution < 1.29 is 18.0 Å². The van der Waals surface area contributed by atoms with Crippen LogP contribution in [-0.2, 0) is 23.1 Å². The summed E-state index contributed by atoms with van der Waals surface area (Å²) < 4.78 is 24.6. The van der Waals surface area contributed by atoms with Crippen LogP contribution in [0.25, 0.3) is 0 Å². The van der Waals surface area contributed by atoms with Crippen molar-refractivity contribution in [1.29, 1.82) is 0 Å². The lowest BCUT2D eigenvalue weighted by Gasteiger charge is -2.12. The van der Waals surface area contributed by atoms with Crippen molar-refractivity contribution in [2.45, 2.75) is 20.0 Å². The zero-order valence-electron chi connectivity index (χ0n) is 13.2. The highest BCUT2D eigenvalue weighted by molar-refractivity contribution is 7.88. The molecule has 0 radical (unpaired) electrons. The van der Waals surface area contributed by atoms with Gasteiger partial charge < -0.3 is 5.32 Å². The van der Waals surface area contributed by atoms with Gasteiger partial charge in [-0.3, -0.25) is 14.7 Å². The summed E-state index contributed by atoms with van der Waals surface area (Å²) in [5.41, 5.74) is 1.79. The summed E-state index contributed by atoms with van der Waals surface area (Å²) in [6, 6.07) is 6.50. The molecular formula is C15H16N4O4S. The highest BCUT2D eigenvalue weighted by Gasteiger charge is 2.31. The molecule has 8 nitrogen and oxygen atoms in total. The third-order valence-corrected chi connectivity index (χ3v) is 5.07. The molecule has 0 aliphatic carbocycles. The van der Waals surface area contributed by atoms with Gasteiger partial charge in [0.1, 0.15) is 5.82 Å². The fraction of sp³-hybridized carbons (Fsp3) is 0.267. The summed E-state index contributed by atoms with van der Waals surface area (Å²) >= 11 is 0. The zero-order chi connectivity index (χ0) is 17.5. The van der Waals surface area contributed by atoms with Crippen LogP contribution in [0.15, 0.2) is 24.3 Å². The van der Waals surface area contributed by atoms with E-state index in [1.165, 1.54) is 11.2 Å². The number of anilines is 1. The van der Waals surface area contributed by atoms with Crippen LogP contribution in [0.5, 0.6) is 0 Å². The summed E-state index contributed by atoms with van der Waals surface area (Å²) in [6.07, 6.45) is 1.13. The smallest absolute Gasteiger partial charge is 0.257 e. The summed E-state index contributed by atoms with van der Waals surface area (Å²) in [5, 5.41) is 9.44. The highest BCUT2D eigenvalue weighted by Crippen LogP contribution is 2.29. The fourth-order valence-electron chi connectivity index (χ4n) is 2.61. The molecule has 2 heterocycles. The van der Waals surface area contributed by atoms with Gasteiger partial charge in [-0.05, 0) is 13.0 Å². The van der Waals surface area contributed by atoms with Crippen LogP contribution in [0.1, 0.15) is 38.9 Å². The van der Waals surface area contributed by atoms with Gasteiger partial charge in [0.15, 0.2) is 5.78 Å². The van der Waals surface area contributed by atoms with Crippen LogP contribution in [0.4, 0.5) is 5.82 Å². The Morgan fingerprint density at radius 3 is 2.50 bits per heavy atom. The fourth-order valence-corrected chi connectivity index (χ4v) is 3.33. The molecule has 1 amide bonds. The number of nitrogens with zero attached hydrogens (tertiary/aromatic N) is 2. The van der Waals surface area contributed by atoms with Gasteiger partial charge in [0.25, 0.3) is 5.91 Å². The third kappa shape index (κ3) is 2.95. The second kappa shape index (κ2) is 5.84. The van der Waals surface area contributed by atoms with Gasteiger partial charge in [0, 0.05) is 17.7 Å². The van der Waals surface area contributed by atoms with Crippen LogP contribution < -0.4 is 5.32 Å². The van der Waals surface area contributed by atoms with Crippen molar-refractivity contribution in [3.8, 4) is 0 Å². The Kier molecular flexibility index (Phi) is 3.98. The van der Waals surface area contributed by atoms with Crippen molar-refractivity contribution in [1.82, 2.24) is 14.5 Å². The van der Waals surface area contributed by atoms with Gasteiger partial charge in [-0.25, -0.2) is 8.42 Å². The Morgan fingerprint density at radius 1 is 1.21 bits per heavy atom. The number of hydrogen-bond donors (Lipinski definition) is 2. The first kappa shape index (κ1) is 16.3. The number of nitrogens with one attached hydrogen (secondary N) is 2. The summed E-state index contributed by atoms with van der Waals surface area (Å²) in [5.74, 6) is -0.316. The molecule has 24 heavy (non-hydrogen) atoms. The molecule has 0 fully saturated rings. The number of H-pyrrole nitrogens is 1. The molecule has 1 aromatic heterocycles. The minimum atomic E-state index is -3.33. The summed E-state index contributed by atoms with van der Waals surface area (Å²) in [4.78, 5) is 24.1. The predicted octanol–water partition coefficient (Wildman–Crippen LogP) is 1.14. The van der Waals surface area contributed by atoms with Crippen molar-refractivity contribution in [3.05, 3.63) is 46.6 Å². The number of Topliss-reactive ketones (excluding diaryl/α,β-unsaturated/α-hetero) is 1. The maximum Gasteiger partial charge on any atom is 0.257 e. The number of aromatic nitrogens is 2. The average Bonchev–Trinajstić information content (AvgIpc) is 3.09.